The molecule has 1 heteroatoms. The van der Waals surface area contributed by atoms with E-state index in [1.807, 2.05) is 0 Å². The van der Waals surface area contributed by atoms with E-state index in [2.05, 4.69) is 60.6 Å². The molecule has 4 aliphatic carbocycles. The Bertz CT molecular complexity index is 651. The van der Waals surface area contributed by atoms with Gasteiger partial charge in [0.25, 0.3) is 0 Å². The van der Waals surface area contributed by atoms with Crippen LogP contribution in [0.15, 0.2) is 12.2 Å². The van der Waals surface area contributed by atoms with E-state index in [1.54, 1.807) is 0 Å². The average molecular weight is 429 g/mol. The number of allylic oxidation sites excluding steroid dienone is 2. The minimum Gasteiger partial charge on any atom is -0.393 e. The van der Waals surface area contributed by atoms with Gasteiger partial charge in [-0.05, 0) is 122 Å². The topological polar surface area (TPSA) is 20.2 Å². The molecule has 11 atom stereocenters. The number of hydrogen-bond donors (Lipinski definition) is 1. The minimum atomic E-state index is -0.0511. The van der Waals surface area contributed by atoms with E-state index in [1.165, 1.54) is 51.4 Å². The largest absolute Gasteiger partial charge is 0.393 e. The van der Waals surface area contributed by atoms with E-state index < -0.39 is 0 Å². The van der Waals surface area contributed by atoms with Gasteiger partial charge in [0.2, 0.25) is 0 Å². The molecule has 0 saturated heterocycles. The Morgan fingerprint density at radius 2 is 1.48 bits per heavy atom. The lowest BCUT2D eigenvalue weighted by Gasteiger charge is -2.62. The van der Waals surface area contributed by atoms with E-state index in [9.17, 15) is 5.11 Å². The summed E-state index contributed by atoms with van der Waals surface area (Å²) in [7, 11) is 0. The Hall–Kier alpha value is -0.300. The third-order valence-corrected chi connectivity index (χ3v) is 11.9. The van der Waals surface area contributed by atoms with Crippen LogP contribution < -0.4 is 0 Å². The second-order valence-corrected chi connectivity index (χ2v) is 13.3. The molecule has 0 aromatic heterocycles. The van der Waals surface area contributed by atoms with Crippen molar-refractivity contribution in [2.75, 3.05) is 0 Å². The maximum absolute atomic E-state index is 10.5. The highest BCUT2D eigenvalue weighted by Gasteiger charge is 2.61. The van der Waals surface area contributed by atoms with Gasteiger partial charge in [-0.15, -0.1) is 0 Å². The Morgan fingerprint density at radius 1 is 0.839 bits per heavy atom. The van der Waals surface area contributed by atoms with Crippen LogP contribution in [0.3, 0.4) is 0 Å². The van der Waals surface area contributed by atoms with Crippen LogP contribution in [0.1, 0.15) is 106 Å². The van der Waals surface area contributed by atoms with Gasteiger partial charge in [0.15, 0.2) is 0 Å². The van der Waals surface area contributed by atoms with Crippen molar-refractivity contribution in [2.45, 2.75) is 112 Å². The third-order valence-electron chi connectivity index (χ3n) is 11.9. The normalized spacial score (nSPS) is 49.5. The van der Waals surface area contributed by atoms with Crippen molar-refractivity contribution < 1.29 is 5.11 Å². The standard InChI is InChI=1S/C30H52O/c1-8-22(19(2)3)10-9-20(4)24-13-14-26-23-11-12-25-21(5)28(31)16-18-30(25,7)27(23)15-17-29(24,26)6/h9-10,19-28,31H,8,11-18H2,1-7H3/b10-9+/t20-,21+,22?,23?,24-,25+,26?,27?,28+,29-,30+/m1/s1. The van der Waals surface area contributed by atoms with Crippen LogP contribution in [-0.4, -0.2) is 11.2 Å². The van der Waals surface area contributed by atoms with Crippen molar-refractivity contribution in [1.82, 2.24) is 0 Å². The van der Waals surface area contributed by atoms with Crippen LogP contribution in [0.5, 0.6) is 0 Å². The van der Waals surface area contributed by atoms with Crippen LogP contribution in [0.4, 0.5) is 0 Å². The van der Waals surface area contributed by atoms with Crippen molar-refractivity contribution in [3.63, 3.8) is 0 Å². The number of hydrogen-bond acceptors (Lipinski definition) is 1. The molecular weight excluding hydrogens is 376 g/mol. The molecule has 4 unspecified atom stereocenters. The quantitative estimate of drug-likeness (QED) is 0.438. The van der Waals surface area contributed by atoms with Crippen LogP contribution in [0.2, 0.25) is 0 Å². The summed E-state index contributed by atoms with van der Waals surface area (Å²) in [6.45, 7) is 17.3. The lowest BCUT2D eigenvalue weighted by molar-refractivity contribution is -0.148. The van der Waals surface area contributed by atoms with Gasteiger partial charge in [-0.25, -0.2) is 0 Å². The van der Waals surface area contributed by atoms with Gasteiger partial charge in [0, 0.05) is 0 Å². The first-order valence-corrected chi connectivity index (χ1v) is 14.0. The summed E-state index contributed by atoms with van der Waals surface area (Å²) in [5.41, 5.74) is 1.03. The number of aliphatic hydroxyl groups excluding tert-OH is 1. The van der Waals surface area contributed by atoms with E-state index in [0.717, 1.165) is 53.8 Å². The predicted octanol–water partition coefficient (Wildman–Crippen LogP) is 8.13. The van der Waals surface area contributed by atoms with Crippen molar-refractivity contribution in [2.24, 2.45) is 64.1 Å². The first kappa shape index (κ1) is 23.8. The van der Waals surface area contributed by atoms with Gasteiger partial charge in [0.05, 0.1) is 6.10 Å². The molecule has 1 N–H and O–H groups in total. The molecule has 4 fully saturated rings. The summed E-state index contributed by atoms with van der Waals surface area (Å²) in [6.07, 6.45) is 17.3. The summed E-state index contributed by atoms with van der Waals surface area (Å²) in [5, 5.41) is 10.5. The fourth-order valence-corrected chi connectivity index (χ4v) is 9.90. The summed E-state index contributed by atoms with van der Waals surface area (Å²) in [6, 6.07) is 0. The molecule has 4 aliphatic rings. The zero-order valence-corrected chi connectivity index (χ0v) is 21.7. The van der Waals surface area contributed by atoms with Crippen LogP contribution >= 0.6 is 0 Å². The number of rotatable bonds is 5. The molecule has 0 aromatic rings. The van der Waals surface area contributed by atoms with E-state index in [4.69, 9.17) is 0 Å². The first-order valence-electron chi connectivity index (χ1n) is 14.0. The number of aliphatic hydroxyl groups is 1. The highest BCUT2D eigenvalue weighted by Crippen LogP contribution is 2.68. The lowest BCUT2D eigenvalue weighted by Crippen LogP contribution is -2.56. The SMILES string of the molecule is CCC(/C=C/[C@@H](C)[C@H]1CCC2C3CC[C@H]4[C@H](C)[C@@H](O)CC[C@]4(C)C3CC[C@@]21C)C(C)C. The molecule has 4 saturated carbocycles. The van der Waals surface area contributed by atoms with E-state index in [-0.39, 0.29) is 6.10 Å². The molecule has 31 heavy (non-hydrogen) atoms. The Balaban J connectivity index is 1.51. The number of fused-ring (bicyclic) bond motifs is 5. The monoisotopic (exact) mass is 428 g/mol. The van der Waals surface area contributed by atoms with Crippen LogP contribution in [0.25, 0.3) is 0 Å². The third kappa shape index (κ3) is 3.87. The maximum atomic E-state index is 10.5. The smallest absolute Gasteiger partial charge is 0.0568 e. The van der Waals surface area contributed by atoms with E-state index >= 15 is 0 Å². The molecule has 1 nitrogen and oxygen atoms in total. The second kappa shape index (κ2) is 8.81. The van der Waals surface area contributed by atoms with Gasteiger partial charge >= 0.3 is 0 Å². The van der Waals surface area contributed by atoms with Crippen LogP contribution in [-0.2, 0) is 0 Å². The van der Waals surface area contributed by atoms with Gasteiger partial charge in [0.1, 0.15) is 0 Å². The Morgan fingerprint density at radius 3 is 2.16 bits per heavy atom. The minimum absolute atomic E-state index is 0.0511. The Labute approximate surface area is 193 Å². The summed E-state index contributed by atoms with van der Waals surface area (Å²) < 4.78 is 0. The molecule has 0 aromatic carbocycles. The summed E-state index contributed by atoms with van der Waals surface area (Å²) >= 11 is 0. The molecule has 0 spiro atoms. The molecule has 0 aliphatic heterocycles. The molecular formula is C30H52O. The summed E-state index contributed by atoms with van der Waals surface area (Å²) in [5.74, 6) is 7.14. The van der Waals surface area contributed by atoms with Crippen molar-refractivity contribution >= 4 is 0 Å². The fraction of sp³-hybridized carbons (Fsp3) is 0.933. The molecule has 0 radical (unpaired) electrons. The van der Waals surface area contributed by atoms with Crippen molar-refractivity contribution in [3.05, 3.63) is 12.2 Å². The molecule has 4 rings (SSSR count). The molecule has 0 bridgehead atoms. The summed E-state index contributed by atoms with van der Waals surface area (Å²) in [4.78, 5) is 0. The van der Waals surface area contributed by atoms with Gasteiger partial charge in [-0.2, -0.15) is 0 Å². The van der Waals surface area contributed by atoms with Gasteiger partial charge in [-0.3, -0.25) is 0 Å². The van der Waals surface area contributed by atoms with Gasteiger partial charge in [-0.1, -0.05) is 60.6 Å². The zero-order valence-electron chi connectivity index (χ0n) is 21.7. The maximum Gasteiger partial charge on any atom is 0.0568 e. The van der Waals surface area contributed by atoms with Crippen LogP contribution in [0, 0.1) is 64.1 Å². The van der Waals surface area contributed by atoms with E-state index in [0.29, 0.717) is 16.7 Å². The first-order chi connectivity index (χ1) is 14.6. The molecule has 0 heterocycles. The van der Waals surface area contributed by atoms with Crippen molar-refractivity contribution in [3.8, 4) is 0 Å². The van der Waals surface area contributed by atoms with Gasteiger partial charge < -0.3 is 5.11 Å². The van der Waals surface area contributed by atoms with Crippen molar-refractivity contribution in [1.29, 1.82) is 0 Å². The zero-order chi connectivity index (χ0) is 22.6. The highest BCUT2D eigenvalue weighted by molar-refractivity contribution is 5.12. The molecule has 0 amide bonds. The second-order valence-electron chi connectivity index (χ2n) is 13.3. The predicted molar refractivity (Wildman–Crippen MR) is 133 cm³/mol. The molecule has 178 valence electrons. The fourth-order valence-electron chi connectivity index (χ4n) is 9.90. The highest BCUT2D eigenvalue weighted by atomic mass is 16.3. The average Bonchev–Trinajstić information content (AvgIpc) is 3.08. The Kier molecular flexibility index (Phi) is 6.78. The lowest BCUT2D eigenvalue weighted by atomic mass is 9.43.